The van der Waals surface area contributed by atoms with Gasteiger partial charge in [-0.1, -0.05) is 6.92 Å². The zero-order valence-corrected chi connectivity index (χ0v) is 8.87. The Hall–Kier alpha value is -2.38. The predicted molar refractivity (Wildman–Crippen MR) is 54.5 cm³/mol. The van der Waals surface area contributed by atoms with Crippen LogP contribution in [0.25, 0.3) is 0 Å². The summed E-state index contributed by atoms with van der Waals surface area (Å²) in [5.41, 5.74) is 0. The standard InChI is InChI=1S/C9H10N2O6/c1-2-5(9(13)14)10-8(12)6-3-4-7(17-6)11(15)16/h3-5H,2H2,1H3,(H,10,12)(H,13,14)/t5-/m0/s1. The molecule has 0 aliphatic rings. The number of carboxylic acid groups (broad SMARTS) is 1. The van der Waals surface area contributed by atoms with Crippen molar-refractivity contribution in [2.45, 2.75) is 19.4 Å². The van der Waals surface area contributed by atoms with Crippen molar-refractivity contribution >= 4 is 17.8 Å². The number of nitrogens with zero attached hydrogens (tertiary/aromatic N) is 1. The maximum absolute atomic E-state index is 11.5. The molecule has 1 rings (SSSR count). The fourth-order valence-electron chi connectivity index (χ4n) is 1.12. The molecule has 0 fully saturated rings. The van der Waals surface area contributed by atoms with E-state index in [2.05, 4.69) is 9.73 Å². The highest BCUT2D eigenvalue weighted by atomic mass is 16.6. The summed E-state index contributed by atoms with van der Waals surface area (Å²) in [4.78, 5) is 31.6. The number of rotatable bonds is 5. The molecule has 0 aliphatic heterocycles. The van der Waals surface area contributed by atoms with Gasteiger partial charge in [0.1, 0.15) is 11.0 Å². The van der Waals surface area contributed by atoms with Crippen LogP contribution in [0, 0.1) is 10.1 Å². The molecule has 0 aliphatic carbocycles. The van der Waals surface area contributed by atoms with Gasteiger partial charge in [0.05, 0.1) is 6.07 Å². The number of carboxylic acids is 1. The van der Waals surface area contributed by atoms with Crippen molar-refractivity contribution in [1.29, 1.82) is 0 Å². The minimum Gasteiger partial charge on any atom is -0.480 e. The monoisotopic (exact) mass is 242 g/mol. The average molecular weight is 242 g/mol. The first-order valence-corrected chi connectivity index (χ1v) is 4.73. The summed E-state index contributed by atoms with van der Waals surface area (Å²) < 4.78 is 4.63. The summed E-state index contributed by atoms with van der Waals surface area (Å²) in [6, 6.07) is 1.09. The Kier molecular flexibility index (Phi) is 3.81. The first-order chi connectivity index (χ1) is 7.95. The molecule has 1 atom stereocenters. The Balaban J connectivity index is 2.75. The topological polar surface area (TPSA) is 123 Å². The maximum Gasteiger partial charge on any atom is 0.433 e. The second-order valence-electron chi connectivity index (χ2n) is 3.17. The van der Waals surface area contributed by atoms with E-state index in [0.717, 1.165) is 12.1 Å². The smallest absolute Gasteiger partial charge is 0.433 e. The number of carbonyl (C=O) groups is 2. The molecule has 2 N–H and O–H groups in total. The number of carbonyl (C=O) groups excluding carboxylic acids is 1. The highest BCUT2D eigenvalue weighted by Gasteiger charge is 2.22. The third-order valence-corrected chi connectivity index (χ3v) is 2.01. The van der Waals surface area contributed by atoms with Gasteiger partial charge in [-0.2, -0.15) is 0 Å². The van der Waals surface area contributed by atoms with Gasteiger partial charge in [0, 0.05) is 0 Å². The molecule has 0 saturated carbocycles. The van der Waals surface area contributed by atoms with Crippen molar-refractivity contribution in [2.24, 2.45) is 0 Å². The van der Waals surface area contributed by atoms with Gasteiger partial charge in [0.25, 0.3) is 5.91 Å². The molecule has 17 heavy (non-hydrogen) atoms. The molecule has 1 heterocycles. The van der Waals surface area contributed by atoms with Gasteiger partial charge in [-0.05, 0) is 12.5 Å². The number of nitrogens with one attached hydrogen (secondary N) is 1. The Morgan fingerprint density at radius 2 is 2.24 bits per heavy atom. The largest absolute Gasteiger partial charge is 0.480 e. The highest BCUT2D eigenvalue weighted by Crippen LogP contribution is 2.15. The summed E-state index contributed by atoms with van der Waals surface area (Å²) in [6.07, 6.45) is 0.198. The zero-order chi connectivity index (χ0) is 13.0. The molecule has 1 aromatic rings. The maximum atomic E-state index is 11.5. The van der Waals surface area contributed by atoms with E-state index < -0.39 is 28.7 Å². The lowest BCUT2D eigenvalue weighted by molar-refractivity contribution is -0.402. The van der Waals surface area contributed by atoms with Gasteiger partial charge in [-0.3, -0.25) is 14.9 Å². The molecule has 0 spiro atoms. The van der Waals surface area contributed by atoms with E-state index in [1.807, 2.05) is 0 Å². The molecule has 0 saturated heterocycles. The molecule has 92 valence electrons. The van der Waals surface area contributed by atoms with E-state index in [9.17, 15) is 19.7 Å². The van der Waals surface area contributed by atoms with Gasteiger partial charge in [0.2, 0.25) is 0 Å². The van der Waals surface area contributed by atoms with Gasteiger partial charge in [-0.25, -0.2) is 4.79 Å². The molecular formula is C9H10N2O6. The fraction of sp³-hybridized carbons (Fsp3) is 0.333. The van der Waals surface area contributed by atoms with Crippen LogP contribution in [-0.2, 0) is 4.79 Å². The first kappa shape index (κ1) is 12.7. The van der Waals surface area contributed by atoms with Gasteiger partial charge in [0.15, 0.2) is 5.76 Å². The molecule has 1 aromatic heterocycles. The third kappa shape index (κ3) is 3.03. The SMILES string of the molecule is CC[C@H](NC(=O)c1ccc([N+](=O)[O-])o1)C(=O)O. The second-order valence-corrected chi connectivity index (χ2v) is 3.17. The number of aliphatic carboxylic acids is 1. The van der Waals surface area contributed by atoms with Gasteiger partial charge >= 0.3 is 11.9 Å². The number of furan rings is 1. The molecular weight excluding hydrogens is 232 g/mol. The van der Waals surface area contributed by atoms with Crippen molar-refractivity contribution in [1.82, 2.24) is 5.32 Å². The third-order valence-electron chi connectivity index (χ3n) is 2.01. The van der Waals surface area contributed by atoms with E-state index in [1.54, 1.807) is 6.92 Å². The van der Waals surface area contributed by atoms with E-state index >= 15 is 0 Å². The first-order valence-electron chi connectivity index (χ1n) is 4.73. The fourth-order valence-corrected chi connectivity index (χ4v) is 1.12. The summed E-state index contributed by atoms with van der Waals surface area (Å²) in [5, 5.41) is 21.2. The van der Waals surface area contributed by atoms with Crippen LogP contribution in [-0.4, -0.2) is 27.9 Å². The average Bonchev–Trinajstić information content (AvgIpc) is 2.74. The van der Waals surface area contributed by atoms with Crippen molar-refractivity contribution in [3.63, 3.8) is 0 Å². The van der Waals surface area contributed by atoms with Crippen molar-refractivity contribution in [3.8, 4) is 0 Å². The van der Waals surface area contributed by atoms with Crippen LogP contribution in [0.5, 0.6) is 0 Å². The number of nitro groups is 1. The van der Waals surface area contributed by atoms with E-state index in [-0.39, 0.29) is 12.2 Å². The van der Waals surface area contributed by atoms with E-state index in [1.165, 1.54) is 0 Å². The summed E-state index contributed by atoms with van der Waals surface area (Å²) in [5.74, 6) is -2.84. The zero-order valence-electron chi connectivity index (χ0n) is 8.87. The molecule has 0 radical (unpaired) electrons. The van der Waals surface area contributed by atoms with Crippen LogP contribution >= 0.6 is 0 Å². The predicted octanol–water partition coefficient (Wildman–Crippen LogP) is 0.781. The summed E-state index contributed by atoms with van der Waals surface area (Å²) in [6.45, 7) is 1.59. The van der Waals surface area contributed by atoms with Crippen molar-refractivity contribution < 1.29 is 24.0 Å². The van der Waals surface area contributed by atoms with Crippen LogP contribution in [0.1, 0.15) is 23.9 Å². The van der Waals surface area contributed by atoms with Gasteiger partial charge in [-0.15, -0.1) is 0 Å². The van der Waals surface area contributed by atoms with Gasteiger partial charge < -0.3 is 14.8 Å². The highest BCUT2D eigenvalue weighted by molar-refractivity contribution is 5.94. The Labute approximate surface area is 95.4 Å². The number of hydrogen-bond acceptors (Lipinski definition) is 5. The summed E-state index contributed by atoms with van der Waals surface area (Å²) >= 11 is 0. The van der Waals surface area contributed by atoms with Crippen molar-refractivity contribution in [2.75, 3.05) is 0 Å². The van der Waals surface area contributed by atoms with E-state index in [0.29, 0.717) is 0 Å². The molecule has 0 unspecified atom stereocenters. The number of amides is 1. The molecule has 0 aromatic carbocycles. The summed E-state index contributed by atoms with van der Waals surface area (Å²) in [7, 11) is 0. The Bertz CT molecular complexity index is 452. The van der Waals surface area contributed by atoms with E-state index in [4.69, 9.17) is 5.11 Å². The molecule has 0 bridgehead atoms. The van der Waals surface area contributed by atoms with Crippen LogP contribution in [0.3, 0.4) is 0 Å². The van der Waals surface area contributed by atoms with Crippen molar-refractivity contribution in [3.05, 3.63) is 28.0 Å². The lowest BCUT2D eigenvalue weighted by Gasteiger charge is -2.10. The lowest BCUT2D eigenvalue weighted by Crippen LogP contribution is -2.40. The minimum absolute atomic E-state index is 0.198. The molecule has 8 heteroatoms. The Morgan fingerprint density at radius 1 is 1.59 bits per heavy atom. The van der Waals surface area contributed by atoms with Crippen LogP contribution < -0.4 is 5.32 Å². The van der Waals surface area contributed by atoms with Crippen LogP contribution in [0.15, 0.2) is 16.5 Å². The normalized spacial score (nSPS) is 11.8. The molecule has 8 nitrogen and oxygen atoms in total. The minimum atomic E-state index is -1.18. The molecule has 1 amide bonds. The quantitative estimate of drug-likeness (QED) is 0.581. The second kappa shape index (κ2) is 5.10. The lowest BCUT2D eigenvalue weighted by atomic mass is 10.2. The van der Waals surface area contributed by atoms with Crippen LogP contribution in [0.2, 0.25) is 0 Å². The Morgan fingerprint density at radius 3 is 2.65 bits per heavy atom. The number of hydrogen-bond donors (Lipinski definition) is 2. The van der Waals surface area contributed by atoms with Crippen LogP contribution in [0.4, 0.5) is 5.88 Å².